The molecule has 0 bridgehead atoms. The molecule has 2 aliphatic heterocycles. The first-order valence-electron chi connectivity index (χ1n) is 41.3. The molecule has 9 N–H and O–H groups in total. The number of aliphatic hydroxyl groups is 1. The predicted molar refractivity (Wildman–Crippen MR) is 425 cm³/mol. The van der Waals surface area contributed by atoms with Gasteiger partial charge in [0.2, 0.25) is 47.3 Å². The van der Waals surface area contributed by atoms with Crippen molar-refractivity contribution in [2.24, 2.45) is 52.6 Å². The zero-order valence-corrected chi connectivity index (χ0v) is 69.7. The van der Waals surface area contributed by atoms with Gasteiger partial charge in [-0.3, -0.25) is 53.5 Å². The number of halogens is 3. The van der Waals surface area contributed by atoms with Crippen molar-refractivity contribution in [3.05, 3.63) is 65.7 Å². The number of ether oxygens (including phenoxy) is 3. The van der Waals surface area contributed by atoms with Crippen LogP contribution in [0, 0.1) is 46.8 Å². The number of unbranched alkanes of at least 4 members (excludes halogenated alkanes) is 2. The number of carbonyl (C=O) groups excluding carboxylic acids is 10. The maximum absolute atomic E-state index is 14.9. The zero-order valence-electron chi connectivity index (χ0n) is 69.7. The van der Waals surface area contributed by atoms with Crippen LogP contribution in [0.25, 0.3) is 0 Å². The number of likely N-dealkylation sites (tertiary alicyclic amines) is 2. The number of benzene rings is 2. The summed E-state index contributed by atoms with van der Waals surface area (Å²) in [5, 5.41) is 27.2. The van der Waals surface area contributed by atoms with Crippen molar-refractivity contribution in [1.82, 2.24) is 46.2 Å². The highest BCUT2D eigenvalue weighted by Gasteiger charge is 2.53. The second kappa shape index (κ2) is 46.2. The number of methoxy groups -OCH3 is 2. The fraction of sp³-hybridized carbons (Fsp3) is 0.738. The molecule has 0 aromatic heterocycles. The van der Waals surface area contributed by atoms with Crippen LogP contribution in [0.15, 0.2) is 54.6 Å². The lowest BCUT2D eigenvalue weighted by atomic mass is 9.59. The Hall–Kier alpha value is -7.43. The number of likely N-dealkylation sites (N-methyl/N-ethyl adjacent to an activating group) is 2. The molecule has 0 spiro atoms. The van der Waals surface area contributed by atoms with Gasteiger partial charge in [-0.15, -0.1) is 0 Å². The molecule has 3 aliphatic rings. The fourth-order valence-corrected chi connectivity index (χ4v) is 17.2. The third-order valence-electron chi connectivity index (χ3n) is 23.8. The SMILES string of the molecule is CCCC(CC)(C1CCCCCCCC1)C1CC(=O)N(CCCCCC(N[C@H](C(=O)N[C@@H](CCCNC(N)=O)C(=O)Nc2ccc(COC(=O)N(C)[C@H](C(=O)N[C@H](C(=O)N(C)[C@@H]([C@@H](C)CC)[C@@H](CC(=O)N3CCC[C@H]3[C@H](OC)[C@@H](C)C(=O)N[C@H](C)[C@@H](O)c3ccccc3)OC)C(C)C)C(C)C)cc2)C(C)C)C(F)(F)F)C1=O. The van der Waals surface area contributed by atoms with Crippen molar-refractivity contribution in [1.29, 1.82) is 0 Å². The first kappa shape index (κ1) is 95.2. The van der Waals surface area contributed by atoms with Gasteiger partial charge in [-0.1, -0.05) is 183 Å². The Labute approximate surface area is 664 Å². The first-order chi connectivity index (χ1) is 53.0. The minimum absolute atomic E-state index is 0.0207. The van der Waals surface area contributed by atoms with Gasteiger partial charge in [0, 0.05) is 60.1 Å². The molecule has 11 amide bonds. The molecule has 0 radical (unpaired) electrons. The van der Waals surface area contributed by atoms with Gasteiger partial charge in [-0.2, -0.15) is 13.2 Å². The van der Waals surface area contributed by atoms with Gasteiger partial charge in [-0.25, -0.2) is 9.59 Å². The number of anilines is 1. The van der Waals surface area contributed by atoms with Crippen LogP contribution in [0.2, 0.25) is 0 Å². The largest absolute Gasteiger partial charge is 0.445 e. The number of amides is 11. The summed E-state index contributed by atoms with van der Waals surface area (Å²) in [5.74, 6) is -6.19. The van der Waals surface area contributed by atoms with Gasteiger partial charge < -0.3 is 61.4 Å². The number of aliphatic hydroxyl groups excluding tert-OH is 1. The maximum atomic E-state index is 14.9. The predicted octanol–water partition coefficient (Wildman–Crippen LogP) is 11.9. The van der Waals surface area contributed by atoms with Gasteiger partial charge in [0.25, 0.3) is 0 Å². The summed E-state index contributed by atoms with van der Waals surface area (Å²) >= 11 is 0. The molecule has 2 heterocycles. The van der Waals surface area contributed by atoms with E-state index in [1.54, 1.807) is 91.6 Å². The molecule has 1 aliphatic carbocycles. The minimum atomic E-state index is -4.77. The van der Waals surface area contributed by atoms with E-state index in [9.17, 15) is 66.2 Å². The number of carbonyl (C=O) groups is 10. The van der Waals surface area contributed by atoms with E-state index in [-0.39, 0.29) is 92.4 Å². The molecule has 1 saturated carbocycles. The Morgan fingerprint density at radius 3 is 1.89 bits per heavy atom. The third-order valence-corrected chi connectivity index (χ3v) is 23.8. The van der Waals surface area contributed by atoms with Gasteiger partial charge in [0.05, 0.1) is 60.7 Å². The molecule has 2 saturated heterocycles. The third kappa shape index (κ3) is 26.8. The van der Waals surface area contributed by atoms with Crippen molar-refractivity contribution in [3.8, 4) is 0 Å². The number of alkyl halides is 3. The summed E-state index contributed by atoms with van der Waals surface area (Å²) in [7, 11) is 6.03. The van der Waals surface area contributed by atoms with E-state index in [1.165, 1.54) is 68.9 Å². The summed E-state index contributed by atoms with van der Waals surface area (Å²) in [6, 6.07) is 5.62. The monoisotopic (exact) mass is 1580 g/mol. The van der Waals surface area contributed by atoms with Crippen molar-refractivity contribution in [2.45, 2.75) is 304 Å². The van der Waals surface area contributed by atoms with Crippen LogP contribution < -0.4 is 37.6 Å². The molecule has 25 nitrogen and oxygen atoms in total. The number of primary amides is 1. The quantitative estimate of drug-likeness (QED) is 0.0226. The van der Waals surface area contributed by atoms with Crippen LogP contribution in [0.3, 0.4) is 0 Å². The molecule has 632 valence electrons. The Bertz CT molecular complexity index is 3310. The molecule has 2 aromatic carbocycles. The van der Waals surface area contributed by atoms with Gasteiger partial charge in [0.15, 0.2) is 0 Å². The van der Waals surface area contributed by atoms with Crippen molar-refractivity contribution in [3.63, 3.8) is 0 Å². The normalized spacial score (nSPS) is 19.8. The van der Waals surface area contributed by atoms with E-state index >= 15 is 0 Å². The van der Waals surface area contributed by atoms with Gasteiger partial charge in [-0.05, 0) is 129 Å². The lowest BCUT2D eigenvalue weighted by Gasteiger charge is -2.44. The van der Waals surface area contributed by atoms with Crippen LogP contribution in [-0.2, 0) is 59.2 Å². The molecule has 112 heavy (non-hydrogen) atoms. The van der Waals surface area contributed by atoms with Crippen LogP contribution >= 0.6 is 0 Å². The van der Waals surface area contributed by atoms with Crippen LogP contribution in [0.1, 0.15) is 242 Å². The van der Waals surface area contributed by atoms with Crippen LogP contribution in [0.4, 0.5) is 28.4 Å². The summed E-state index contributed by atoms with van der Waals surface area (Å²) in [6.07, 6.45) is 5.84. The highest BCUT2D eigenvalue weighted by Crippen LogP contribution is 2.52. The molecular formula is C84H136F3N11O14. The van der Waals surface area contributed by atoms with Gasteiger partial charge >= 0.3 is 18.3 Å². The molecule has 28 heteroatoms. The second-order valence-corrected chi connectivity index (χ2v) is 32.7. The number of hydrogen-bond donors (Lipinski definition) is 8. The molecule has 5 rings (SSSR count). The lowest BCUT2D eigenvalue weighted by Crippen LogP contribution is -2.60. The first-order valence-corrected chi connectivity index (χ1v) is 41.3. The standard InChI is InChI=1S/C84H136F3N11O14/c1-17-45-83(19-3,60-36-28-22-20-21-23-29-37-60)62-49-67(99)98(79(62)106)47-31-25-30-40-66(84(85,86)87)93-69(52(4)5)77(104)92-63(38-32-46-89-81(88)108)76(103)91-61-43-41-58(42-44-61)51-112-82(109)96(14)71(54(8)9)78(105)94-70(53(6)7)80(107)95(13)72(55(10)18-2)65(110-15)50-68(100)97-48-33-39-64(97)74(111-16)56(11)75(102)90-57(12)73(101)59-34-26-24-27-35-59/h24,26-27,34-35,41-44,52-57,60,62-66,69-74,93,101H,17-23,25,28-33,36-40,45-51H2,1-16H3,(H,90,102)(H,91,103)(H,92,104)(H,94,105)(H3,88,89,108)/t55-,56+,57+,62?,63-,64-,65+,66?,69-,70-,71-,72-,73+,74+,83?/m0/s1. The van der Waals surface area contributed by atoms with Crippen molar-refractivity contribution < 1.29 is 80.4 Å². The van der Waals surface area contributed by atoms with Gasteiger partial charge in [0.1, 0.15) is 30.8 Å². The lowest BCUT2D eigenvalue weighted by molar-refractivity contribution is -0.161. The number of urea groups is 1. The number of rotatable bonds is 44. The Morgan fingerprint density at radius 2 is 1.33 bits per heavy atom. The molecule has 2 aromatic rings. The van der Waals surface area contributed by atoms with E-state index in [4.69, 9.17) is 19.9 Å². The fourth-order valence-electron chi connectivity index (χ4n) is 17.2. The number of imide groups is 1. The summed E-state index contributed by atoms with van der Waals surface area (Å²) in [6.45, 7) is 22.2. The smallest absolute Gasteiger partial charge is 0.410 e. The maximum Gasteiger partial charge on any atom is 0.410 e. The van der Waals surface area contributed by atoms with E-state index in [1.807, 2.05) is 32.0 Å². The summed E-state index contributed by atoms with van der Waals surface area (Å²) < 4.78 is 62.6. The van der Waals surface area contributed by atoms with E-state index in [0.717, 1.165) is 49.8 Å². The van der Waals surface area contributed by atoms with Crippen molar-refractivity contribution in [2.75, 3.05) is 53.3 Å². The van der Waals surface area contributed by atoms with E-state index < -0.39 is 145 Å². The minimum Gasteiger partial charge on any atom is -0.445 e. The Kier molecular flexibility index (Phi) is 39.3. The Balaban J connectivity index is 1.18. The summed E-state index contributed by atoms with van der Waals surface area (Å²) in [4.78, 5) is 145. The van der Waals surface area contributed by atoms with Crippen LogP contribution in [0.5, 0.6) is 0 Å². The molecule has 15 atom stereocenters. The molecular weight excluding hydrogens is 1440 g/mol. The molecule has 3 fully saturated rings. The van der Waals surface area contributed by atoms with Crippen LogP contribution in [-0.4, -0.2) is 199 Å². The summed E-state index contributed by atoms with van der Waals surface area (Å²) in [5.41, 5.74) is 6.38. The highest BCUT2D eigenvalue weighted by molar-refractivity contribution is 6.04. The van der Waals surface area contributed by atoms with E-state index in [0.29, 0.717) is 55.7 Å². The molecule has 3 unspecified atom stereocenters. The highest BCUT2D eigenvalue weighted by atomic mass is 19.4. The topological polar surface area (TPSA) is 330 Å². The zero-order chi connectivity index (χ0) is 83.3. The number of nitrogens with two attached hydrogens (primary N) is 1. The number of nitrogens with zero attached hydrogens (tertiary/aromatic N) is 4. The average molecular weight is 1580 g/mol. The Morgan fingerprint density at radius 1 is 0.696 bits per heavy atom. The second-order valence-electron chi connectivity index (χ2n) is 32.7. The number of hydrogen-bond acceptors (Lipinski definition) is 15. The average Bonchev–Trinajstić information content (AvgIpc) is 1.52. The van der Waals surface area contributed by atoms with E-state index in [2.05, 4.69) is 45.7 Å². The van der Waals surface area contributed by atoms with Crippen molar-refractivity contribution >= 4 is 65.1 Å². The number of nitrogens with one attached hydrogen (secondary N) is 6.